The number of nitrogens with zero attached hydrogens (tertiary/aromatic N) is 2. The summed E-state index contributed by atoms with van der Waals surface area (Å²) in [6.45, 7) is 5.77. The Morgan fingerprint density at radius 3 is 1.43 bits per heavy atom. The van der Waals surface area contributed by atoms with Gasteiger partial charge in [-0.3, -0.25) is 4.79 Å². The Bertz CT molecular complexity index is 1450. The molecular weight excluding hydrogens is 536 g/mol. The summed E-state index contributed by atoms with van der Waals surface area (Å²) in [5.41, 5.74) is 5.75. The van der Waals surface area contributed by atoms with Crippen LogP contribution in [0.3, 0.4) is 0 Å². The Kier molecular flexibility index (Phi) is 9.62. The molecule has 0 spiro atoms. The fraction of sp³-hybridized carbons (Fsp3) is 0.390. The number of benzene rings is 4. The minimum Gasteiger partial charge on any atom is -0.342 e. The van der Waals surface area contributed by atoms with Gasteiger partial charge in [0.2, 0.25) is 5.91 Å². The summed E-state index contributed by atoms with van der Waals surface area (Å²) in [5, 5.41) is 0. The van der Waals surface area contributed by atoms with Crippen LogP contribution in [0.5, 0.6) is 0 Å². The highest BCUT2D eigenvalue weighted by Crippen LogP contribution is 2.59. The zero-order valence-corrected chi connectivity index (χ0v) is 25.2. The van der Waals surface area contributed by atoms with E-state index >= 15 is 0 Å². The smallest absolute Gasteiger partial charge is 0.226 e. The summed E-state index contributed by atoms with van der Waals surface area (Å²) in [6, 6.07) is 43.0. The van der Waals surface area contributed by atoms with Gasteiger partial charge in [0.05, 0.1) is 5.92 Å². The van der Waals surface area contributed by atoms with Crippen molar-refractivity contribution in [3.8, 4) is 0 Å². The Labute approximate surface area is 264 Å². The van der Waals surface area contributed by atoms with Gasteiger partial charge in [0, 0.05) is 32.1 Å². The van der Waals surface area contributed by atoms with Crippen LogP contribution in [0.4, 0.5) is 0 Å². The van der Waals surface area contributed by atoms with Crippen LogP contribution in [0, 0.1) is 23.7 Å². The third kappa shape index (κ3) is 6.84. The summed E-state index contributed by atoms with van der Waals surface area (Å²) < 4.78 is 0. The van der Waals surface area contributed by atoms with Crippen LogP contribution in [0.2, 0.25) is 0 Å². The Balaban J connectivity index is 0.000000153. The highest BCUT2D eigenvalue weighted by molar-refractivity contribution is 5.86. The second-order valence-corrected chi connectivity index (χ2v) is 13.1. The molecule has 3 heteroatoms. The summed E-state index contributed by atoms with van der Waals surface area (Å²) in [4.78, 5) is 17.3. The normalized spacial score (nSPS) is 26.2. The van der Waals surface area contributed by atoms with Gasteiger partial charge in [-0.15, -0.1) is 0 Å². The molecular formula is C41H48N2O. The van der Waals surface area contributed by atoms with Gasteiger partial charge in [-0.1, -0.05) is 129 Å². The number of fused-ring (bicyclic) bond motifs is 2. The highest BCUT2D eigenvalue weighted by atomic mass is 16.2. The summed E-state index contributed by atoms with van der Waals surface area (Å²) in [5.74, 6) is 4.42. The molecule has 4 aromatic rings. The molecule has 0 N–H and O–H groups in total. The third-order valence-electron chi connectivity index (χ3n) is 10.4. The Morgan fingerprint density at radius 2 is 0.955 bits per heavy atom. The number of hydrogen-bond donors (Lipinski definition) is 0. The fourth-order valence-corrected chi connectivity index (χ4v) is 8.06. The Morgan fingerprint density at radius 1 is 0.500 bits per heavy atom. The van der Waals surface area contributed by atoms with Crippen LogP contribution in [-0.2, 0) is 17.6 Å². The number of carbonyl (C=O) groups excluding carboxylic acids is 1. The molecule has 8 rings (SSSR count). The SMILES string of the molecule is C.O=C1C2C(CN1CCCc1ccccc1)C2c1ccccc1.c1ccc(CCCN2CC3C(C2)C3c2ccccc2)cc1. The maximum Gasteiger partial charge on any atom is 0.226 e. The van der Waals surface area contributed by atoms with Crippen molar-refractivity contribution in [2.24, 2.45) is 23.7 Å². The van der Waals surface area contributed by atoms with E-state index in [9.17, 15) is 4.79 Å². The number of rotatable bonds is 10. The van der Waals surface area contributed by atoms with E-state index in [0.717, 1.165) is 43.7 Å². The van der Waals surface area contributed by atoms with Crippen LogP contribution in [0.25, 0.3) is 0 Å². The fourth-order valence-electron chi connectivity index (χ4n) is 8.06. The van der Waals surface area contributed by atoms with E-state index in [1.165, 1.54) is 49.2 Å². The summed E-state index contributed by atoms with van der Waals surface area (Å²) in [6.07, 6.45) is 4.63. The largest absolute Gasteiger partial charge is 0.342 e. The number of aryl methyl sites for hydroxylation is 2. The average molecular weight is 585 g/mol. The molecule has 2 saturated carbocycles. The van der Waals surface area contributed by atoms with Gasteiger partial charge in [0.1, 0.15) is 0 Å². The lowest BCUT2D eigenvalue weighted by atomic mass is 10.1. The molecule has 4 aliphatic rings. The third-order valence-corrected chi connectivity index (χ3v) is 10.4. The summed E-state index contributed by atoms with van der Waals surface area (Å²) >= 11 is 0. The minimum absolute atomic E-state index is 0. The molecule has 0 bridgehead atoms. The molecule has 2 aliphatic heterocycles. The van der Waals surface area contributed by atoms with Crippen LogP contribution < -0.4 is 0 Å². The average Bonchev–Trinajstić information content (AvgIpc) is 3.86. The van der Waals surface area contributed by atoms with Gasteiger partial charge in [-0.2, -0.15) is 0 Å². The molecule has 0 radical (unpaired) electrons. The molecule has 5 atom stereocenters. The van der Waals surface area contributed by atoms with E-state index in [4.69, 9.17) is 0 Å². The lowest BCUT2D eigenvalue weighted by Gasteiger charge is -2.20. The van der Waals surface area contributed by atoms with E-state index in [1.807, 2.05) is 12.1 Å². The van der Waals surface area contributed by atoms with Crippen LogP contribution >= 0.6 is 0 Å². The number of piperidine rings is 2. The molecule has 2 aliphatic carbocycles. The molecule has 2 heterocycles. The van der Waals surface area contributed by atoms with Crippen molar-refractivity contribution in [3.63, 3.8) is 0 Å². The molecule has 3 nitrogen and oxygen atoms in total. The van der Waals surface area contributed by atoms with Gasteiger partial charge < -0.3 is 9.80 Å². The molecule has 4 aromatic carbocycles. The predicted octanol–water partition coefficient (Wildman–Crippen LogP) is 8.09. The first-order valence-electron chi connectivity index (χ1n) is 16.4. The standard InChI is InChI=1S/C20H21NO.C20H23N.CH4/c22-20-19-17(18(19)16-11-5-2-6-12-16)14-21(20)13-7-10-15-8-3-1-4-9-15;1-3-8-16(9-4-1)10-7-13-21-14-18-19(15-21)20(18)17-11-5-2-6-12-17;/h1-6,8-9,11-12,17-19H,7,10,13-14H2;1-6,8-9,11-12,18-20H,7,10,13-15H2;1H4. The predicted molar refractivity (Wildman–Crippen MR) is 182 cm³/mol. The zero-order chi connectivity index (χ0) is 29.0. The molecule has 0 aromatic heterocycles. The van der Waals surface area contributed by atoms with Crippen molar-refractivity contribution in [2.75, 3.05) is 32.7 Å². The first-order chi connectivity index (χ1) is 21.3. The molecule has 44 heavy (non-hydrogen) atoms. The highest BCUT2D eigenvalue weighted by Gasteiger charge is 2.61. The van der Waals surface area contributed by atoms with Gasteiger partial charge in [-0.25, -0.2) is 0 Å². The quantitative estimate of drug-likeness (QED) is 0.188. The number of amides is 1. The van der Waals surface area contributed by atoms with E-state index in [0.29, 0.717) is 17.7 Å². The van der Waals surface area contributed by atoms with Gasteiger partial charge in [0.15, 0.2) is 0 Å². The maximum absolute atomic E-state index is 12.5. The van der Waals surface area contributed by atoms with E-state index in [1.54, 1.807) is 5.56 Å². The Hall–Kier alpha value is -3.69. The number of likely N-dealkylation sites (tertiary alicyclic amines) is 2. The van der Waals surface area contributed by atoms with Gasteiger partial charge in [0.25, 0.3) is 0 Å². The zero-order valence-electron chi connectivity index (χ0n) is 25.2. The van der Waals surface area contributed by atoms with E-state index in [-0.39, 0.29) is 13.3 Å². The van der Waals surface area contributed by atoms with E-state index < -0.39 is 0 Å². The number of hydrogen-bond acceptors (Lipinski definition) is 2. The van der Waals surface area contributed by atoms with Crippen molar-refractivity contribution in [2.45, 2.75) is 44.9 Å². The monoisotopic (exact) mass is 584 g/mol. The van der Waals surface area contributed by atoms with Crippen LogP contribution in [0.15, 0.2) is 121 Å². The minimum atomic E-state index is 0. The van der Waals surface area contributed by atoms with Crippen LogP contribution in [-0.4, -0.2) is 48.4 Å². The lowest BCUT2D eigenvalue weighted by Crippen LogP contribution is -2.31. The second-order valence-electron chi connectivity index (χ2n) is 13.1. The van der Waals surface area contributed by atoms with Crippen molar-refractivity contribution < 1.29 is 4.79 Å². The molecule has 4 fully saturated rings. The number of carbonyl (C=O) groups is 1. The van der Waals surface area contributed by atoms with Crippen LogP contribution in [0.1, 0.15) is 54.4 Å². The first-order valence-corrected chi connectivity index (χ1v) is 16.4. The van der Waals surface area contributed by atoms with Crippen molar-refractivity contribution in [1.29, 1.82) is 0 Å². The lowest BCUT2D eigenvalue weighted by molar-refractivity contribution is -0.130. The first kappa shape index (κ1) is 30.3. The molecule has 228 valence electrons. The molecule has 5 unspecified atom stereocenters. The van der Waals surface area contributed by atoms with Crippen molar-refractivity contribution in [3.05, 3.63) is 144 Å². The van der Waals surface area contributed by atoms with Gasteiger partial charge >= 0.3 is 0 Å². The maximum atomic E-state index is 12.5. The summed E-state index contributed by atoms with van der Waals surface area (Å²) in [7, 11) is 0. The van der Waals surface area contributed by atoms with Crippen molar-refractivity contribution >= 4 is 5.91 Å². The molecule has 1 amide bonds. The molecule has 2 saturated heterocycles. The second kappa shape index (κ2) is 13.9. The van der Waals surface area contributed by atoms with Crippen molar-refractivity contribution in [1.82, 2.24) is 9.80 Å². The topological polar surface area (TPSA) is 23.6 Å². The van der Waals surface area contributed by atoms with Gasteiger partial charge in [-0.05, 0) is 78.2 Å². The van der Waals surface area contributed by atoms with E-state index in [2.05, 4.69) is 119 Å².